The molecule has 0 bridgehead atoms. The van der Waals surface area contributed by atoms with Gasteiger partial charge in [-0.05, 0) is 48.6 Å². The Morgan fingerprint density at radius 3 is 2.26 bits per heavy atom. The number of aliphatic hydroxyl groups excluding tert-OH is 1. The molecule has 1 atom stereocenters. The lowest BCUT2D eigenvalue weighted by molar-refractivity contribution is 0.0462. The van der Waals surface area contributed by atoms with E-state index in [9.17, 15) is 14.3 Å². The van der Waals surface area contributed by atoms with Crippen molar-refractivity contribution in [1.82, 2.24) is 4.90 Å². The van der Waals surface area contributed by atoms with E-state index < -0.39 is 6.10 Å². The molecule has 1 heterocycles. The maximum atomic E-state index is 12.9. The molecule has 0 aliphatic carbocycles. The average molecular weight is 313 g/mol. The molecule has 1 aliphatic heterocycles. The van der Waals surface area contributed by atoms with Crippen LogP contribution in [0.3, 0.4) is 0 Å². The fourth-order valence-electron chi connectivity index (χ4n) is 3.12. The monoisotopic (exact) mass is 313 g/mol. The van der Waals surface area contributed by atoms with Crippen LogP contribution in [0.15, 0.2) is 54.6 Å². The van der Waals surface area contributed by atoms with E-state index >= 15 is 0 Å². The van der Waals surface area contributed by atoms with Crippen molar-refractivity contribution in [3.05, 3.63) is 71.5 Å². The third kappa shape index (κ3) is 3.59. The second-order valence-electron chi connectivity index (χ2n) is 5.99. The van der Waals surface area contributed by atoms with E-state index in [1.165, 1.54) is 24.3 Å². The fourth-order valence-corrected chi connectivity index (χ4v) is 3.12. The summed E-state index contributed by atoms with van der Waals surface area (Å²) in [5.74, 6) is -0.251. The van der Waals surface area contributed by atoms with Crippen LogP contribution in [0.2, 0.25) is 0 Å². The molecule has 1 saturated heterocycles. The van der Waals surface area contributed by atoms with Gasteiger partial charge in [-0.15, -0.1) is 0 Å². The maximum Gasteiger partial charge on any atom is 0.253 e. The van der Waals surface area contributed by atoms with Gasteiger partial charge in [0.15, 0.2) is 0 Å². The van der Waals surface area contributed by atoms with Crippen molar-refractivity contribution in [2.24, 2.45) is 5.92 Å². The lowest BCUT2D eigenvalue weighted by Gasteiger charge is -2.34. The minimum absolute atomic E-state index is 0.0716. The molecule has 1 fully saturated rings. The van der Waals surface area contributed by atoms with Crippen LogP contribution in [0, 0.1) is 11.7 Å². The summed E-state index contributed by atoms with van der Waals surface area (Å²) < 4.78 is 12.9. The first-order valence-corrected chi connectivity index (χ1v) is 7.93. The molecular weight excluding hydrogens is 293 g/mol. The van der Waals surface area contributed by atoms with Crippen molar-refractivity contribution in [1.29, 1.82) is 0 Å². The van der Waals surface area contributed by atoms with Crippen LogP contribution in [-0.4, -0.2) is 29.0 Å². The van der Waals surface area contributed by atoms with Crippen molar-refractivity contribution < 1.29 is 14.3 Å². The lowest BCUT2D eigenvalue weighted by atomic mass is 9.87. The number of amides is 1. The predicted octanol–water partition coefficient (Wildman–Crippen LogP) is 3.41. The van der Waals surface area contributed by atoms with Gasteiger partial charge in [-0.1, -0.05) is 30.3 Å². The van der Waals surface area contributed by atoms with Gasteiger partial charge in [-0.25, -0.2) is 4.39 Å². The molecule has 0 saturated carbocycles. The summed E-state index contributed by atoms with van der Waals surface area (Å²) in [6.45, 7) is 1.23. The van der Waals surface area contributed by atoms with Gasteiger partial charge in [0.1, 0.15) is 5.82 Å². The van der Waals surface area contributed by atoms with Crippen LogP contribution in [0.25, 0.3) is 0 Å². The number of rotatable bonds is 3. The highest BCUT2D eigenvalue weighted by Crippen LogP contribution is 2.31. The molecule has 0 radical (unpaired) electrons. The molecule has 23 heavy (non-hydrogen) atoms. The highest BCUT2D eigenvalue weighted by atomic mass is 19.1. The first kappa shape index (κ1) is 15.7. The summed E-state index contributed by atoms with van der Waals surface area (Å²) in [6, 6.07) is 15.3. The molecule has 2 aromatic rings. The molecule has 4 heteroatoms. The number of nitrogens with zero attached hydrogens (tertiary/aromatic N) is 1. The third-order valence-corrected chi connectivity index (χ3v) is 4.51. The quantitative estimate of drug-likeness (QED) is 0.943. The smallest absolute Gasteiger partial charge is 0.253 e. The van der Waals surface area contributed by atoms with Gasteiger partial charge in [0.25, 0.3) is 5.91 Å². The molecule has 3 rings (SSSR count). The van der Waals surface area contributed by atoms with Gasteiger partial charge < -0.3 is 10.0 Å². The van der Waals surface area contributed by atoms with Crippen LogP contribution < -0.4 is 0 Å². The number of carbonyl (C=O) groups is 1. The van der Waals surface area contributed by atoms with Crippen LogP contribution in [-0.2, 0) is 0 Å². The number of likely N-dealkylation sites (tertiary alicyclic amines) is 1. The van der Waals surface area contributed by atoms with E-state index in [0.717, 1.165) is 18.4 Å². The van der Waals surface area contributed by atoms with Gasteiger partial charge in [-0.3, -0.25) is 4.79 Å². The minimum Gasteiger partial charge on any atom is -0.388 e. The molecule has 1 aliphatic rings. The number of carbonyl (C=O) groups excluding carboxylic acids is 1. The first-order valence-electron chi connectivity index (χ1n) is 7.93. The SMILES string of the molecule is O=C(c1ccc(F)cc1)N1CCC([C@@H](O)c2ccccc2)CC1. The van der Waals surface area contributed by atoms with E-state index in [2.05, 4.69) is 0 Å². The number of hydrogen-bond acceptors (Lipinski definition) is 2. The third-order valence-electron chi connectivity index (χ3n) is 4.51. The van der Waals surface area contributed by atoms with Crippen molar-refractivity contribution in [3.8, 4) is 0 Å². The Balaban J connectivity index is 1.60. The Hall–Kier alpha value is -2.20. The zero-order valence-corrected chi connectivity index (χ0v) is 12.9. The van der Waals surface area contributed by atoms with Crippen molar-refractivity contribution in [2.75, 3.05) is 13.1 Å². The molecule has 2 aromatic carbocycles. The number of hydrogen-bond donors (Lipinski definition) is 1. The van der Waals surface area contributed by atoms with E-state index in [1.54, 1.807) is 4.90 Å². The number of piperidine rings is 1. The zero-order valence-electron chi connectivity index (χ0n) is 12.9. The topological polar surface area (TPSA) is 40.5 Å². The molecule has 120 valence electrons. The number of halogens is 1. The standard InChI is InChI=1S/C19H20FNO2/c20-17-8-6-16(7-9-17)19(23)21-12-10-15(11-13-21)18(22)14-4-2-1-3-5-14/h1-9,15,18,22H,10-13H2/t18-/m0/s1. The van der Waals surface area contributed by atoms with E-state index in [0.29, 0.717) is 18.7 Å². The van der Waals surface area contributed by atoms with E-state index in [1.807, 2.05) is 30.3 Å². The van der Waals surface area contributed by atoms with Crippen LogP contribution >= 0.6 is 0 Å². The molecule has 0 unspecified atom stereocenters. The van der Waals surface area contributed by atoms with Crippen molar-refractivity contribution in [3.63, 3.8) is 0 Å². The Morgan fingerprint density at radius 1 is 1.04 bits per heavy atom. The zero-order chi connectivity index (χ0) is 16.2. The number of aliphatic hydroxyl groups is 1. The van der Waals surface area contributed by atoms with Gasteiger partial charge in [0, 0.05) is 18.7 Å². The Bertz CT molecular complexity index is 649. The van der Waals surface area contributed by atoms with E-state index in [-0.39, 0.29) is 17.6 Å². The molecule has 1 N–H and O–H groups in total. The van der Waals surface area contributed by atoms with Crippen molar-refractivity contribution >= 4 is 5.91 Å². The summed E-state index contributed by atoms with van der Waals surface area (Å²) in [5, 5.41) is 10.5. The Morgan fingerprint density at radius 2 is 1.65 bits per heavy atom. The second kappa shape index (κ2) is 6.92. The van der Waals surface area contributed by atoms with Gasteiger partial charge >= 0.3 is 0 Å². The van der Waals surface area contributed by atoms with Crippen LogP contribution in [0.1, 0.15) is 34.9 Å². The summed E-state index contributed by atoms with van der Waals surface area (Å²) >= 11 is 0. The van der Waals surface area contributed by atoms with Gasteiger partial charge in [0.05, 0.1) is 6.10 Å². The molecule has 1 amide bonds. The summed E-state index contributed by atoms with van der Waals surface area (Å²) in [5.41, 5.74) is 1.43. The number of benzene rings is 2. The molecule has 0 spiro atoms. The Labute approximate surface area is 135 Å². The summed E-state index contributed by atoms with van der Waals surface area (Å²) in [6.07, 6.45) is 1.05. The van der Waals surface area contributed by atoms with Crippen LogP contribution in [0.4, 0.5) is 4.39 Å². The van der Waals surface area contributed by atoms with Gasteiger partial charge in [-0.2, -0.15) is 0 Å². The normalized spacial score (nSPS) is 17.0. The van der Waals surface area contributed by atoms with E-state index in [4.69, 9.17) is 0 Å². The fraction of sp³-hybridized carbons (Fsp3) is 0.316. The lowest BCUT2D eigenvalue weighted by Crippen LogP contribution is -2.39. The van der Waals surface area contributed by atoms with Crippen LogP contribution in [0.5, 0.6) is 0 Å². The first-order chi connectivity index (χ1) is 11.1. The largest absolute Gasteiger partial charge is 0.388 e. The molecule has 0 aromatic heterocycles. The summed E-state index contributed by atoms with van der Waals surface area (Å²) in [7, 11) is 0. The van der Waals surface area contributed by atoms with Crippen molar-refractivity contribution in [2.45, 2.75) is 18.9 Å². The minimum atomic E-state index is -0.487. The summed E-state index contributed by atoms with van der Waals surface area (Å²) in [4.78, 5) is 14.2. The predicted molar refractivity (Wildman–Crippen MR) is 86.4 cm³/mol. The molecule has 3 nitrogen and oxygen atoms in total. The average Bonchev–Trinajstić information content (AvgIpc) is 2.62. The maximum absolute atomic E-state index is 12.9. The van der Waals surface area contributed by atoms with Gasteiger partial charge in [0.2, 0.25) is 0 Å². The molecular formula is C19H20FNO2. The second-order valence-corrected chi connectivity index (χ2v) is 5.99. The highest BCUT2D eigenvalue weighted by molar-refractivity contribution is 5.94. The Kier molecular flexibility index (Phi) is 4.72. The highest BCUT2D eigenvalue weighted by Gasteiger charge is 2.28.